The van der Waals surface area contributed by atoms with Crippen LogP contribution in [-0.4, -0.2) is 25.0 Å². The van der Waals surface area contributed by atoms with Crippen LogP contribution >= 0.6 is 0 Å². The Bertz CT molecular complexity index is 628. The van der Waals surface area contributed by atoms with E-state index in [0.717, 1.165) is 5.56 Å². The first-order chi connectivity index (χ1) is 10.1. The fraction of sp³-hybridized carbons (Fsp3) is 0.235. The number of esters is 1. The maximum absolute atomic E-state index is 13.7. The van der Waals surface area contributed by atoms with Crippen molar-refractivity contribution in [2.45, 2.75) is 13.1 Å². The summed E-state index contributed by atoms with van der Waals surface area (Å²) in [6.07, 6.45) is 0. The molecule has 0 fully saturated rings. The van der Waals surface area contributed by atoms with Crippen LogP contribution in [0.5, 0.6) is 0 Å². The van der Waals surface area contributed by atoms with E-state index in [1.165, 1.54) is 13.2 Å². The molecule has 0 atom stereocenters. The molecule has 0 aliphatic heterocycles. The molecule has 2 aromatic carbocycles. The number of nitrogens with zero attached hydrogens (tertiary/aromatic N) is 1. The SMILES string of the molecule is COC(=O)c1ccccc1CN(C)Cc1ccccc1F. The molecule has 2 aromatic rings. The number of methoxy groups -OCH3 is 1. The smallest absolute Gasteiger partial charge is 0.338 e. The molecule has 110 valence electrons. The van der Waals surface area contributed by atoms with Gasteiger partial charge in [0.1, 0.15) is 5.82 Å². The fourth-order valence-electron chi connectivity index (χ4n) is 2.23. The van der Waals surface area contributed by atoms with Gasteiger partial charge in [-0.05, 0) is 24.7 Å². The summed E-state index contributed by atoms with van der Waals surface area (Å²) in [5, 5.41) is 0. The molecule has 0 amide bonds. The minimum Gasteiger partial charge on any atom is -0.465 e. The Labute approximate surface area is 124 Å². The third-order valence-electron chi connectivity index (χ3n) is 3.26. The molecule has 0 unspecified atom stereocenters. The normalized spacial score (nSPS) is 10.7. The van der Waals surface area contributed by atoms with E-state index in [0.29, 0.717) is 24.2 Å². The van der Waals surface area contributed by atoms with E-state index in [1.54, 1.807) is 24.3 Å². The average Bonchev–Trinajstić information content (AvgIpc) is 2.49. The molecule has 0 aliphatic carbocycles. The number of hydrogen-bond acceptors (Lipinski definition) is 3. The lowest BCUT2D eigenvalue weighted by molar-refractivity contribution is 0.0598. The van der Waals surface area contributed by atoms with Gasteiger partial charge >= 0.3 is 5.97 Å². The van der Waals surface area contributed by atoms with E-state index in [9.17, 15) is 9.18 Å². The number of benzene rings is 2. The molecule has 0 radical (unpaired) electrons. The summed E-state index contributed by atoms with van der Waals surface area (Å²) in [7, 11) is 3.25. The van der Waals surface area contributed by atoms with Crippen LogP contribution in [0.15, 0.2) is 48.5 Å². The summed E-state index contributed by atoms with van der Waals surface area (Å²) in [4.78, 5) is 13.7. The van der Waals surface area contributed by atoms with Gasteiger partial charge in [0, 0.05) is 18.7 Å². The summed E-state index contributed by atoms with van der Waals surface area (Å²) in [6, 6.07) is 14.0. The van der Waals surface area contributed by atoms with E-state index >= 15 is 0 Å². The zero-order valence-corrected chi connectivity index (χ0v) is 12.2. The van der Waals surface area contributed by atoms with E-state index in [2.05, 4.69) is 0 Å². The van der Waals surface area contributed by atoms with Crippen molar-refractivity contribution in [2.24, 2.45) is 0 Å². The molecular formula is C17H18FNO2. The molecular weight excluding hydrogens is 269 g/mol. The largest absolute Gasteiger partial charge is 0.465 e. The van der Waals surface area contributed by atoms with Crippen LogP contribution in [0, 0.1) is 5.82 Å². The number of carbonyl (C=O) groups is 1. The molecule has 0 aliphatic rings. The monoisotopic (exact) mass is 287 g/mol. The van der Waals surface area contributed by atoms with Crippen LogP contribution in [-0.2, 0) is 17.8 Å². The molecule has 21 heavy (non-hydrogen) atoms. The van der Waals surface area contributed by atoms with Crippen molar-refractivity contribution in [3.05, 3.63) is 71.0 Å². The van der Waals surface area contributed by atoms with Crippen LogP contribution in [0.2, 0.25) is 0 Å². The molecule has 4 heteroatoms. The van der Waals surface area contributed by atoms with E-state index in [-0.39, 0.29) is 11.8 Å². The quantitative estimate of drug-likeness (QED) is 0.791. The van der Waals surface area contributed by atoms with Gasteiger partial charge in [-0.15, -0.1) is 0 Å². The third-order valence-corrected chi connectivity index (χ3v) is 3.26. The molecule has 0 N–H and O–H groups in total. The molecule has 2 rings (SSSR count). The second kappa shape index (κ2) is 6.99. The van der Waals surface area contributed by atoms with Gasteiger partial charge in [-0.3, -0.25) is 4.90 Å². The molecule has 0 saturated heterocycles. The van der Waals surface area contributed by atoms with Crippen molar-refractivity contribution in [1.82, 2.24) is 4.90 Å². The molecule has 0 saturated carbocycles. The van der Waals surface area contributed by atoms with Crippen LogP contribution in [0.25, 0.3) is 0 Å². The van der Waals surface area contributed by atoms with Crippen LogP contribution in [0.4, 0.5) is 4.39 Å². The lowest BCUT2D eigenvalue weighted by atomic mass is 10.1. The Morgan fingerprint density at radius 3 is 2.29 bits per heavy atom. The predicted octanol–water partition coefficient (Wildman–Crippen LogP) is 3.24. The van der Waals surface area contributed by atoms with Gasteiger partial charge in [-0.2, -0.15) is 0 Å². The first-order valence-corrected chi connectivity index (χ1v) is 6.70. The first kappa shape index (κ1) is 15.2. The van der Waals surface area contributed by atoms with Gasteiger partial charge in [0.25, 0.3) is 0 Å². The predicted molar refractivity (Wildman–Crippen MR) is 79.4 cm³/mol. The molecule has 0 aromatic heterocycles. The Hall–Kier alpha value is -2.20. The maximum atomic E-state index is 13.7. The second-order valence-corrected chi connectivity index (χ2v) is 4.91. The lowest BCUT2D eigenvalue weighted by Gasteiger charge is -2.18. The fourth-order valence-corrected chi connectivity index (χ4v) is 2.23. The topological polar surface area (TPSA) is 29.5 Å². The molecule has 0 spiro atoms. The zero-order chi connectivity index (χ0) is 15.2. The van der Waals surface area contributed by atoms with Crippen molar-refractivity contribution >= 4 is 5.97 Å². The summed E-state index contributed by atoms with van der Waals surface area (Å²) >= 11 is 0. The number of ether oxygens (including phenoxy) is 1. The van der Waals surface area contributed by atoms with Crippen LogP contribution in [0.3, 0.4) is 0 Å². The molecule has 0 bridgehead atoms. The van der Waals surface area contributed by atoms with E-state index in [4.69, 9.17) is 4.74 Å². The van der Waals surface area contributed by atoms with Gasteiger partial charge in [0.05, 0.1) is 12.7 Å². The first-order valence-electron chi connectivity index (χ1n) is 6.70. The van der Waals surface area contributed by atoms with E-state index in [1.807, 2.05) is 30.1 Å². The highest BCUT2D eigenvalue weighted by Gasteiger charge is 2.13. The highest BCUT2D eigenvalue weighted by molar-refractivity contribution is 5.90. The van der Waals surface area contributed by atoms with Crippen LogP contribution < -0.4 is 0 Å². The number of hydrogen-bond donors (Lipinski definition) is 0. The van der Waals surface area contributed by atoms with Crippen molar-refractivity contribution in [3.63, 3.8) is 0 Å². The van der Waals surface area contributed by atoms with Crippen molar-refractivity contribution in [3.8, 4) is 0 Å². The van der Waals surface area contributed by atoms with E-state index < -0.39 is 0 Å². The van der Waals surface area contributed by atoms with Gasteiger partial charge < -0.3 is 4.74 Å². The maximum Gasteiger partial charge on any atom is 0.338 e. The highest BCUT2D eigenvalue weighted by Crippen LogP contribution is 2.15. The molecule has 0 heterocycles. The standard InChI is InChI=1S/C17H18FNO2/c1-19(12-14-8-4-6-10-16(14)18)11-13-7-3-5-9-15(13)17(20)21-2/h3-10H,11-12H2,1-2H3. The summed E-state index contributed by atoms with van der Waals surface area (Å²) in [6.45, 7) is 1.02. The minimum atomic E-state index is -0.357. The van der Waals surface area contributed by atoms with Crippen molar-refractivity contribution in [1.29, 1.82) is 0 Å². The lowest BCUT2D eigenvalue weighted by Crippen LogP contribution is -2.20. The second-order valence-electron chi connectivity index (χ2n) is 4.91. The summed E-state index contributed by atoms with van der Waals surface area (Å²) in [5.41, 5.74) is 2.04. The third kappa shape index (κ3) is 3.89. The summed E-state index contributed by atoms with van der Waals surface area (Å²) < 4.78 is 18.4. The average molecular weight is 287 g/mol. The van der Waals surface area contributed by atoms with Gasteiger partial charge in [0.2, 0.25) is 0 Å². The minimum absolute atomic E-state index is 0.217. The number of carbonyl (C=O) groups excluding carboxylic acids is 1. The van der Waals surface area contributed by atoms with Gasteiger partial charge in [0.15, 0.2) is 0 Å². The van der Waals surface area contributed by atoms with Gasteiger partial charge in [-0.25, -0.2) is 9.18 Å². The Balaban J connectivity index is 2.11. The Kier molecular flexibility index (Phi) is 5.06. The van der Waals surface area contributed by atoms with Gasteiger partial charge in [-0.1, -0.05) is 36.4 Å². The molecule has 3 nitrogen and oxygen atoms in total. The van der Waals surface area contributed by atoms with Crippen molar-refractivity contribution < 1.29 is 13.9 Å². The Morgan fingerprint density at radius 2 is 1.62 bits per heavy atom. The summed E-state index contributed by atoms with van der Waals surface area (Å²) in [5.74, 6) is -0.574. The Morgan fingerprint density at radius 1 is 1.05 bits per heavy atom. The van der Waals surface area contributed by atoms with Crippen LogP contribution in [0.1, 0.15) is 21.5 Å². The van der Waals surface area contributed by atoms with Crippen molar-refractivity contribution in [2.75, 3.05) is 14.2 Å². The number of rotatable bonds is 5. The highest BCUT2D eigenvalue weighted by atomic mass is 19.1. The number of halogens is 1. The zero-order valence-electron chi connectivity index (χ0n) is 12.2.